The first-order chi connectivity index (χ1) is 8.04. The van der Waals surface area contributed by atoms with Gasteiger partial charge in [-0.1, -0.05) is 31.9 Å². The third kappa shape index (κ3) is 4.27. The molecule has 0 spiro atoms. The summed E-state index contributed by atoms with van der Waals surface area (Å²) in [5.74, 6) is -0.256. The Bertz CT molecular complexity index is 390. The summed E-state index contributed by atoms with van der Waals surface area (Å²) in [6.07, 6.45) is 2.15. The van der Waals surface area contributed by atoms with Crippen molar-refractivity contribution in [3.8, 4) is 5.75 Å². The number of rotatable bonds is 6. The molecule has 0 saturated heterocycles. The molecule has 0 aliphatic carbocycles. The van der Waals surface area contributed by atoms with Crippen LogP contribution < -0.4 is 4.74 Å². The Hall–Kier alpha value is -1.22. The number of hydrogen-bond donors (Lipinski definition) is 1. The molecule has 0 amide bonds. The van der Waals surface area contributed by atoms with Crippen molar-refractivity contribution in [2.24, 2.45) is 5.92 Å². The lowest BCUT2D eigenvalue weighted by Gasteiger charge is -2.13. The summed E-state index contributed by atoms with van der Waals surface area (Å²) in [6, 6.07) is 4.56. The number of halogens is 1. The Morgan fingerprint density at radius 3 is 2.82 bits per heavy atom. The first-order valence-electron chi connectivity index (χ1n) is 5.70. The molecule has 1 unspecified atom stereocenters. The molecule has 0 bridgehead atoms. The van der Waals surface area contributed by atoms with Crippen molar-refractivity contribution in [3.63, 3.8) is 0 Å². The van der Waals surface area contributed by atoms with Gasteiger partial charge < -0.3 is 9.84 Å². The highest BCUT2D eigenvalue weighted by molar-refractivity contribution is 6.30. The lowest BCUT2D eigenvalue weighted by molar-refractivity contribution is 0.0691. The van der Waals surface area contributed by atoms with Gasteiger partial charge in [-0.25, -0.2) is 4.79 Å². The number of carboxylic acid groups (broad SMARTS) is 1. The van der Waals surface area contributed by atoms with Crippen LogP contribution in [0.4, 0.5) is 0 Å². The van der Waals surface area contributed by atoms with E-state index in [1.807, 2.05) is 0 Å². The standard InChI is InChI=1S/C13H17ClO3/c1-3-4-9(2)8-17-12-7-10(14)5-6-11(12)13(15)16/h5-7,9H,3-4,8H2,1-2H3,(H,15,16). The van der Waals surface area contributed by atoms with Crippen LogP contribution in [-0.4, -0.2) is 17.7 Å². The van der Waals surface area contributed by atoms with Crippen molar-refractivity contribution in [2.45, 2.75) is 26.7 Å². The average Bonchev–Trinajstić information content (AvgIpc) is 2.26. The molecule has 3 nitrogen and oxygen atoms in total. The predicted octanol–water partition coefficient (Wildman–Crippen LogP) is 3.85. The van der Waals surface area contributed by atoms with Crippen molar-refractivity contribution in [1.82, 2.24) is 0 Å². The first kappa shape index (κ1) is 13.8. The average molecular weight is 257 g/mol. The topological polar surface area (TPSA) is 46.5 Å². The molecule has 1 aromatic rings. The fourth-order valence-corrected chi connectivity index (χ4v) is 1.76. The highest BCUT2D eigenvalue weighted by atomic mass is 35.5. The van der Waals surface area contributed by atoms with Crippen molar-refractivity contribution < 1.29 is 14.6 Å². The minimum atomic E-state index is -1.00. The smallest absolute Gasteiger partial charge is 0.339 e. The zero-order valence-corrected chi connectivity index (χ0v) is 10.8. The van der Waals surface area contributed by atoms with E-state index in [9.17, 15) is 4.79 Å². The van der Waals surface area contributed by atoms with Gasteiger partial charge >= 0.3 is 5.97 Å². The molecule has 0 aromatic heterocycles. The second kappa shape index (κ2) is 6.50. The van der Waals surface area contributed by atoms with Gasteiger partial charge in [0.2, 0.25) is 0 Å². The maximum absolute atomic E-state index is 11.0. The van der Waals surface area contributed by atoms with Gasteiger partial charge in [-0.05, 0) is 30.5 Å². The summed E-state index contributed by atoms with van der Waals surface area (Å²) in [5, 5.41) is 9.48. The Labute approximate surface area is 106 Å². The lowest BCUT2D eigenvalue weighted by Crippen LogP contribution is -2.10. The number of aromatic carboxylic acids is 1. The highest BCUT2D eigenvalue weighted by Crippen LogP contribution is 2.24. The van der Waals surface area contributed by atoms with Gasteiger partial charge in [0, 0.05) is 5.02 Å². The third-order valence-corrected chi connectivity index (χ3v) is 2.71. The summed E-state index contributed by atoms with van der Waals surface area (Å²) in [5.41, 5.74) is 0.151. The molecular weight excluding hydrogens is 240 g/mol. The Morgan fingerprint density at radius 2 is 2.24 bits per heavy atom. The van der Waals surface area contributed by atoms with Crippen LogP contribution in [0.15, 0.2) is 18.2 Å². The van der Waals surface area contributed by atoms with E-state index in [0.717, 1.165) is 12.8 Å². The number of carboxylic acids is 1. The van der Waals surface area contributed by atoms with Gasteiger partial charge in [-0.15, -0.1) is 0 Å². The van der Waals surface area contributed by atoms with Gasteiger partial charge in [0.05, 0.1) is 6.61 Å². The molecular formula is C13H17ClO3. The molecule has 0 saturated carbocycles. The van der Waals surface area contributed by atoms with Crippen molar-refractivity contribution in [3.05, 3.63) is 28.8 Å². The van der Waals surface area contributed by atoms with Gasteiger partial charge in [-0.3, -0.25) is 0 Å². The molecule has 0 aliphatic rings. The summed E-state index contributed by atoms with van der Waals surface area (Å²) < 4.78 is 5.53. The van der Waals surface area contributed by atoms with Crippen LogP contribution in [-0.2, 0) is 0 Å². The quantitative estimate of drug-likeness (QED) is 0.841. The van der Waals surface area contributed by atoms with E-state index in [4.69, 9.17) is 21.4 Å². The number of carbonyl (C=O) groups is 1. The molecule has 0 heterocycles. The van der Waals surface area contributed by atoms with Crippen LogP contribution in [0.3, 0.4) is 0 Å². The second-order valence-electron chi connectivity index (χ2n) is 4.15. The molecule has 1 rings (SSSR count). The normalized spacial score (nSPS) is 12.2. The number of benzene rings is 1. The molecule has 0 radical (unpaired) electrons. The van der Waals surface area contributed by atoms with Crippen LogP contribution in [0.2, 0.25) is 5.02 Å². The zero-order valence-electron chi connectivity index (χ0n) is 10.1. The summed E-state index contributed by atoms with van der Waals surface area (Å²) in [7, 11) is 0. The number of hydrogen-bond acceptors (Lipinski definition) is 2. The Kier molecular flexibility index (Phi) is 5.29. The second-order valence-corrected chi connectivity index (χ2v) is 4.59. The van der Waals surface area contributed by atoms with Crippen LogP contribution in [0, 0.1) is 5.92 Å². The minimum absolute atomic E-state index is 0.151. The van der Waals surface area contributed by atoms with E-state index in [1.165, 1.54) is 6.07 Å². The van der Waals surface area contributed by atoms with Gasteiger partial charge in [0.25, 0.3) is 0 Å². The SMILES string of the molecule is CCCC(C)COc1cc(Cl)ccc1C(=O)O. The monoisotopic (exact) mass is 256 g/mol. The minimum Gasteiger partial charge on any atom is -0.492 e. The van der Waals surface area contributed by atoms with Crippen molar-refractivity contribution in [2.75, 3.05) is 6.61 Å². The van der Waals surface area contributed by atoms with E-state index >= 15 is 0 Å². The van der Waals surface area contributed by atoms with Crippen LogP contribution in [0.5, 0.6) is 5.75 Å². The summed E-state index contributed by atoms with van der Waals surface area (Å²) >= 11 is 5.83. The van der Waals surface area contributed by atoms with E-state index < -0.39 is 5.97 Å². The fraction of sp³-hybridized carbons (Fsp3) is 0.462. The molecule has 94 valence electrons. The van der Waals surface area contributed by atoms with Gasteiger partial charge in [0.15, 0.2) is 0 Å². The van der Waals surface area contributed by atoms with Gasteiger partial charge in [0.1, 0.15) is 11.3 Å². The van der Waals surface area contributed by atoms with E-state index in [0.29, 0.717) is 23.3 Å². The molecule has 17 heavy (non-hydrogen) atoms. The first-order valence-corrected chi connectivity index (χ1v) is 6.08. The highest BCUT2D eigenvalue weighted by Gasteiger charge is 2.12. The van der Waals surface area contributed by atoms with Crippen LogP contribution in [0.1, 0.15) is 37.0 Å². The molecule has 1 N–H and O–H groups in total. The van der Waals surface area contributed by atoms with E-state index in [1.54, 1.807) is 12.1 Å². The largest absolute Gasteiger partial charge is 0.492 e. The molecule has 1 atom stereocenters. The predicted molar refractivity (Wildman–Crippen MR) is 68.0 cm³/mol. The zero-order chi connectivity index (χ0) is 12.8. The molecule has 0 fully saturated rings. The fourth-order valence-electron chi connectivity index (χ4n) is 1.60. The number of ether oxygens (including phenoxy) is 1. The van der Waals surface area contributed by atoms with E-state index in [-0.39, 0.29) is 5.56 Å². The lowest BCUT2D eigenvalue weighted by atomic mass is 10.1. The Balaban J connectivity index is 2.75. The third-order valence-electron chi connectivity index (χ3n) is 2.48. The summed E-state index contributed by atoms with van der Waals surface area (Å²) in [6.45, 7) is 4.70. The van der Waals surface area contributed by atoms with Crippen molar-refractivity contribution in [1.29, 1.82) is 0 Å². The molecule has 1 aromatic carbocycles. The van der Waals surface area contributed by atoms with Crippen molar-refractivity contribution >= 4 is 17.6 Å². The molecule has 4 heteroatoms. The maximum Gasteiger partial charge on any atom is 0.339 e. The summed E-state index contributed by atoms with van der Waals surface area (Å²) in [4.78, 5) is 11.0. The Morgan fingerprint density at radius 1 is 1.53 bits per heavy atom. The van der Waals surface area contributed by atoms with Crippen LogP contribution >= 0.6 is 11.6 Å². The van der Waals surface area contributed by atoms with Crippen LogP contribution in [0.25, 0.3) is 0 Å². The molecule has 0 aliphatic heterocycles. The maximum atomic E-state index is 11.0. The van der Waals surface area contributed by atoms with E-state index in [2.05, 4.69) is 13.8 Å². The van der Waals surface area contributed by atoms with Gasteiger partial charge in [-0.2, -0.15) is 0 Å².